The number of amides is 1. The molecule has 1 unspecified atom stereocenters. The van der Waals surface area contributed by atoms with Crippen molar-refractivity contribution >= 4 is 5.91 Å². The first-order chi connectivity index (χ1) is 8.67. The Balaban J connectivity index is 2.85. The number of benzene rings is 1. The number of ether oxygens (including phenoxy) is 1. The van der Waals surface area contributed by atoms with Crippen molar-refractivity contribution in [3.05, 3.63) is 35.9 Å². The van der Waals surface area contributed by atoms with Crippen LogP contribution in [-0.4, -0.2) is 26.2 Å². The third kappa shape index (κ3) is 3.31. The maximum absolute atomic E-state index is 11.8. The molecule has 0 aromatic heterocycles. The Morgan fingerprint density at radius 1 is 1.33 bits per heavy atom. The van der Waals surface area contributed by atoms with Crippen LogP contribution in [0.2, 0.25) is 0 Å². The van der Waals surface area contributed by atoms with Gasteiger partial charge in [0.25, 0.3) is 0 Å². The number of likely N-dealkylation sites (N-methyl/N-ethyl adjacent to an activating group) is 1. The summed E-state index contributed by atoms with van der Waals surface area (Å²) in [6, 6.07) is 9.52. The summed E-state index contributed by atoms with van der Waals surface area (Å²) in [7, 11) is 1.75. The van der Waals surface area contributed by atoms with E-state index in [9.17, 15) is 4.79 Å². The van der Waals surface area contributed by atoms with Crippen molar-refractivity contribution in [3.8, 4) is 0 Å². The Morgan fingerprint density at radius 3 is 2.50 bits per heavy atom. The average molecular weight is 250 g/mol. The molecule has 0 fully saturated rings. The van der Waals surface area contributed by atoms with E-state index in [-0.39, 0.29) is 5.91 Å². The zero-order valence-electron chi connectivity index (χ0n) is 11.1. The predicted molar refractivity (Wildman–Crippen MR) is 72.1 cm³/mol. The maximum Gasteiger partial charge on any atom is 0.242 e. The fraction of sp³-hybridized carbons (Fsp3) is 0.500. The van der Waals surface area contributed by atoms with Crippen molar-refractivity contribution in [3.63, 3.8) is 0 Å². The molecular weight excluding hydrogens is 228 g/mol. The number of carbonyl (C=O) groups excluding carboxylic acids is 1. The van der Waals surface area contributed by atoms with Gasteiger partial charge < -0.3 is 15.8 Å². The molecule has 100 valence electrons. The lowest BCUT2D eigenvalue weighted by molar-refractivity contribution is -0.125. The smallest absolute Gasteiger partial charge is 0.242 e. The van der Waals surface area contributed by atoms with Crippen molar-refractivity contribution in [2.75, 3.05) is 20.3 Å². The fourth-order valence-corrected chi connectivity index (χ4v) is 2.00. The van der Waals surface area contributed by atoms with Gasteiger partial charge in [0.2, 0.25) is 5.91 Å². The van der Waals surface area contributed by atoms with Gasteiger partial charge >= 0.3 is 0 Å². The zero-order chi connectivity index (χ0) is 13.4. The summed E-state index contributed by atoms with van der Waals surface area (Å²) in [5, 5.41) is 3.05. The first kappa shape index (κ1) is 14.7. The average Bonchev–Trinajstić information content (AvgIpc) is 2.40. The minimum atomic E-state index is -0.852. The summed E-state index contributed by atoms with van der Waals surface area (Å²) < 4.78 is 5.46. The Labute approximate surface area is 109 Å². The molecule has 1 rings (SSSR count). The standard InChI is InChI=1S/C14H22N2O2/c1-3-10-18-11-9-14(16-2,13(15)17)12-7-5-4-6-8-12/h4-8,16H,3,9-11H2,1-2H3,(H2,15,17). The molecule has 1 aromatic carbocycles. The van der Waals surface area contributed by atoms with Crippen molar-refractivity contribution in [1.29, 1.82) is 0 Å². The normalized spacial score (nSPS) is 14.1. The van der Waals surface area contributed by atoms with Crippen LogP contribution in [0.4, 0.5) is 0 Å². The quantitative estimate of drug-likeness (QED) is 0.686. The lowest BCUT2D eigenvalue weighted by Gasteiger charge is -2.30. The van der Waals surface area contributed by atoms with Crippen LogP contribution in [0.5, 0.6) is 0 Å². The molecule has 0 aliphatic heterocycles. The van der Waals surface area contributed by atoms with E-state index < -0.39 is 5.54 Å². The highest BCUT2D eigenvalue weighted by Gasteiger charge is 2.36. The van der Waals surface area contributed by atoms with E-state index in [4.69, 9.17) is 10.5 Å². The molecule has 1 aromatic rings. The summed E-state index contributed by atoms with van der Waals surface area (Å²) in [6.45, 7) is 3.26. The topological polar surface area (TPSA) is 64.3 Å². The lowest BCUT2D eigenvalue weighted by Crippen LogP contribution is -2.51. The third-order valence-electron chi connectivity index (χ3n) is 3.08. The number of nitrogens with one attached hydrogen (secondary N) is 1. The summed E-state index contributed by atoms with van der Waals surface area (Å²) in [6.07, 6.45) is 1.50. The largest absolute Gasteiger partial charge is 0.381 e. The summed E-state index contributed by atoms with van der Waals surface area (Å²) in [4.78, 5) is 11.8. The summed E-state index contributed by atoms with van der Waals surface area (Å²) in [5.74, 6) is -0.378. The van der Waals surface area contributed by atoms with Gasteiger partial charge in [0.1, 0.15) is 5.54 Å². The summed E-state index contributed by atoms with van der Waals surface area (Å²) in [5.41, 5.74) is 5.59. The molecule has 18 heavy (non-hydrogen) atoms. The predicted octanol–water partition coefficient (Wildman–Crippen LogP) is 1.40. The molecule has 0 aliphatic carbocycles. The van der Waals surface area contributed by atoms with E-state index in [1.807, 2.05) is 30.3 Å². The summed E-state index contributed by atoms with van der Waals surface area (Å²) >= 11 is 0. The van der Waals surface area contributed by atoms with Crippen LogP contribution in [0, 0.1) is 0 Å². The Hall–Kier alpha value is -1.39. The highest BCUT2D eigenvalue weighted by atomic mass is 16.5. The number of primary amides is 1. The van der Waals surface area contributed by atoms with Crippen molar-refractivity contribution < 1.29 is 9.53 Å². The minimum Gasteiger partial charge on any atom is -0.381 e. The number of carbonyl (C=O) groups is 1. The van der Waals surface area contributed by atoms with Crippen LogP contribution < -0.4 is 11.1 Å². The van der Waals surface area contributed by atoms with Gasteiger partial charge in [-0.1, -0.05) is 37.3 Å². The van der Waals surface area contributed by atoms with E-state index >= 15 is 0 Å². The molecule has 1 amide bonds. The van der Waals surface area contributed by atoms with Gasteiger partial charge in [0.15, 0.2) is 0 Å². The van der Waals surface area contributed by atoms with Crippen LogP contribution >= 0.6 is 0 Å². The Morgan fingerprint density at radius 2 is 2.00 bits per heavy atom. The first-order valence-corrected chi connectivity index (χ1v) is 6.29. The van der Waals surface area contributed by atoms with Gasteiger partial charge in [-0.25, -0.2) is 0 Å². The molecule has 4 heteroatoms. The highest BCUT2D eigenvalue weighted by Crippen LogP contribution is 2.24. The van der Waals surface area contributed by atoms with Crippen molar-refractivity contribution in [1.82, 2.24) is 5.32 Å². The lowest BCUT2D eigenvalue weighted by atomic mass is 9.86. The third-order valence-corrected chi connectivity index (χ3v) is 3.08. The van der Waals surface area contributed by atoms with Gasteiger partial charge in [-0.2, -0.15) is 0 Å². The Bertz CT molecular complexity index is 367. The molecule has 3 N–H and O–H groups in total. The van der Waals surface area contributed by atoms with Crippen molar-refractivity contribution in [2.24, 2.45) is 5.73 Å². The van der Waals surface area contributed by atoms with Gasteiger partial charge in [0.05, 0.1) is 0 Å². The molecule has 0 spiro atoms. The second-order valence-electron chi connectivity index (χ2n) is 4.25. The SMILES string of the molecule is CCCOCCC(NC)(C(N)=O)c1ccccc1. The Kier molecular flexibility index (Phi) is 5.82. The van der Waals surface area contributed by atoms with Gasteiger partial charge in [-0.15, -0.1) is 0 Å². The van der Waals surface area contributed by atoms with Crippen LogP contribution in [0.15, 0.2) is 30.3 Å². The van der Waals surface area contributed by atoms with Gasteiger partial charge in [-0.05, 0) is 19.0 Å². The maximum atomic E-state index is 11.8. The number of rotatable bonds is 8. The van der Waals surface area contributed by atoms with E-state index in [2.05, 4.69) is 12.2 Å². The number of hydrogen-bond acceptors (Lipinski definition) is 3. The van der Waals surface area contributed by atoms with Crippen LogP contribution in [0.3, 0.4) is 0 Å². The fourth-order valence-electron chi connectivity index (χ4n) is 2.00. The zero-order valence-corrected chi connectivity index (χ0v) is 11.1. The highest BCUT2D eigenvalue weighted by molar-refractivity contribution is 5.86. The molecule has 0 bridgehead atoms. The molecule has 0 radical (unpaired) electrons. The molecule has 0 heterocycles. The van der Waals surface area contributed by atoms with Crippen LogP contribution in [0.1, 0.15) is 25.3 Å². The molecular formula is C14H22N2O2. The molecule has 0 aliphatic rings. The van der Waals surface area contributed by atoms with Crippen LogP contribution in [0.25, 0.3) is 0 Å². The second kappa shape index (κ2) is 7.13. The van der Waals surface area contributed by atoms with Crippen LogP contribution in [-0.2, 0) is 15.1 Å². The molecule has 0 saturated carbocycles. The molecule has 1 atom stereocenters. The van der Waals surface area contributed by atoms with E-state index in [1.165, 1.54) is 0 Å². The number of hydrogen-bond donors (Lipinski definition) is 2. The molecule has 0 saturated heterocycles. The second-order valence-corrected chi connectivity index (χ2v) is 4.25. The first-order valence-electron chi connectivity index (χ1n) is 6.29. The van der Waals surface area contributed by atoms with E-state index in [0.29, 0.717) is 19.6 Å². The van der Waals surface area contributed by atoms with Crippen molar-refractivity contribution in [2.45, 2.75) is 25.3 Å². The molecule has 4 nitrogen and oxygen atoms in total. The minimum absolute atomic E-state index is 0.378. The number of nitrogens with two attached hydrogens (primary N) is 1. The van der Waals surface area contributed by atoms with Gasteiger partial charge in [0, 0.05) is 19.6 Å². The van der Waals surface area contributed by atoms with E-state index in [0.717, 1.165) is 12.0 Å². The van der Waals surface area contributed by atoms with E-state index in [1.54, 1.807) is 7.05 Å². The monoisotopic (exact) mass is 250 g/mol. The van der Waals surface area contributed by atoms with Gasteiger partial charge in [-0.3, -0.25) is 4.79 Å².